The van der Waals surface area contributed by atoms with Crippen LogP contribution in [0.4, 0.5) is 0 Å². The topological polar surface area (TPSA) is 21.6 Å². The summed E-state index contributed by atoms with van der Waals surface area (Å²) in [5.74, 6) is 0. The van der Waals surface area contributed by atoms with Crippen molar-refractivity contribution in [2.45, 2.75) is 12.1 Å². The summed E-state index contributed by atoms with van der Waals surface area (Å²) in [6, 6.07) is 0.245. The number of nitrogens with zero attached hydrogens (tertiary/aromatic N) is 1. The molecule has 2 aliphatic heterocycles. The van der Waals surface area contributed by atoms with E-state index in [1.807, 2.05) is 18.2 Å². The first-order valence-electron chi connectivity index (χ1n) is 2.99. The first-order chi connectivity index (χ1) is 4.47. The Labute approximate surface area is 53.5 Å². The van der Waals surface area contributed by atoms with Crippen LogP contribution >= 0.6 is 0 Å². The molecule has 2 unspecified atom stereocenters. The lowest BCUT2D eigenvalue weighted by Gasteiger charge is -2.12. The molecule has 9 heavy (non-hydrogen) atoms. The fourth-order valence-corrected chi connectivity index (χ4v) is 1.01. The highest BCUT2D eigenvalue weighted by Crippen LogP contribution is 2.16. The molecule has 2 rings (SSSR count). The molecule has 2 heteroatoms. The zero-order valence-corrected chi connectivity index (χ0v) is 4.90. The minimum atomic E-state index is 0.176. The molecule has 0 aromatic rings. The molecule has 0 bridgehead atoms. The molecule has 0 radical (unpaired) electrons. The molecular formula is C7H7NO. The smallest absolute Gasteiger partial charge is 0.142 e. The third-order valence-corrected chi connectivity index (χ3v) is 1.49. The average molecular weight is 121 g/mol. The van der Waals surface area contributed by atoms with Crippen LogP contribution in [0.1, 0.15) is 0 Å². The van der Waals surface area contributed by atoms with E-state index in [1.165, 1.54) is 0 Å². The van der Waals surface area contributed by atoms with Crippen molar-refractivity contribution in [3.05, 3.63) is 24.5 Å². The van der Waals surface area contributed by atoms with Crippen molar-refractivity contribution < 1.29 is 4.74 Å². The second-order valence-corrected chi connectivity index (χ2v) is 2.10. The van der Waals surface area contributed by atoms with Gasteiger partial charge in [0.2, 0.25) is 0 Å². The van der Waals surface area contributed by atoms with Crippen molar-refractivity contribution in [2.75, 3.05) is 0 Å². The summed E-state index contributed by atoms with van der Waals surface area (Å²) in [6.07, 6.45) is 9.58. The van der Waals surface area contributed by atoms with Crippen LogP contribution in [-0.2, 0) is 4.74 Å². The van der Waals surface area contributed by atoms with Crippen LogP contribution in [0.3, 0.4) is 0 Å². The molecular weight excluding hydrogens is 114 g/mol. The quantitative estimate of drug-likeness (QED) is 0.466. The minimum absolute atomic E-state index is 0.176. The number of hydrogen-bond donors (Lipinski definition) is 0. The number of rotatable bonds is 0. The lowest BCUT2D eigenvalue weighted by Crippen LogP contribution is -2.19. The van der Waals surface area contributed by atoms with Gasteiger partial charge in [0.25, 0.3) is 0 Å². The maximum absolute atomic E-state index is 5.18. The van der Waals surface area contributed by atoms with E-state index in [2.05, 4.69) is 4.99 Å². The van der Waals surface area contributed by atoms with E-state index in [1.54, 1.807) is 12.5 Å². The molecule has 0 fully saturated rings. The first kappa shape index (κ1) is 4.79. The maximum atomic E-state index is 5.18. The van der Waals surface area contributed by atoms with Crippen LogP contribution < -0.4 is 0 Å². The van der Waals surface area contributed by atoms with Gasteiger partial charge >= 0.3 is 0 Å². The first-order valence-corrected chi connectivity index (χ1v) is 2.99. The maximum Gasteiger partial charge on any atom is 0.142 e. The van der Waals surface area contributed by atoms with Gasteiger partial charge in [-0.3, -0.25) is 4.99 Å². The average Bonchev–Trinajstić information content (AvgIpc) is 2.33. The lowest BCUT2D eigenvalue weighted by molar-refractivity contribution is 0.201. The minimum Gasteiger partial charge on any atom is -0.492 e. The number of fused-ring (bicyclic) bond motifs is 1. The van der Waals surface area contributed by atoms with Gasteiger partial charge in [-0.15, -0.1) is 0 Å². The summed E-state index contributed by atoms with van der Waals surface area (Å²) in [5, 5.41) is 0. The van der Waals surface area contributed by atoms with Gasteiger partial charge in [0.1, 0.15) is 12.1 Å². The summed E-state index contributed by atoms with van der Waals surface area (Å²) >= 11 is 0. The Morgan fingerprint density at radius 1 is 1.33 bits per heavy atom. The van der Waals surface area contributed by atoms with E-state index in [4.69, 9.17) is 4.74 Å². The summed E-state index contributed by atoms with van der Waals surface area (Å²) < 4.78 is 5.18. The van der Waals surface area contributed by atoms with Crippen LogP contribution in [0, 0.1) is 0 Å². The predicted octanol–water partition coefficient (Wildman–Crippen LogP) is 0.908. The van der Waals surface area contributed by atoms with E-state index in [9.17, 15) is 0 Å². The number of dihydropyridines is 1. The van der Waals surface area contributed by atoms with E-state index in [0.717, 1.165) is 0 Å². The summed E-state index contributed by atoms with van der Waals surface area (Å²) in [4.78, 5) is 4.17. The second-order valence-electron chi connectivity index (χ2n) is 2.10. The van der Waals surface area contributed by atoms with E-state index >= 15 is 0 Å². The van der Waals surface area contributed by atoms with Gasteiger partial charge in [-0.1, -0.05) is 0 Å². The largest absolute Gasteiger partial charge is 0.492 e. The van der Waals surface area contributed by atoms with Crippen molar-refractivity contribution in [1.29, 1.82) is 0 Å². The third-order valence-electron chi connectivity index (χ3n) is 1.49. The van der Waals surface area contributed by atoms with Gasteiger partial charge < -0.3 is 4.74 Å². The molecule has 0 saturated heterocycles. The van der Waals surface area contributed by atoms with Crippen molar-refractivity contribution in [3.8, 4) is 0 Å². The summed E-state index contributed by atoms with van der Waals surface area (Å²) in [7, 11) is 0. The van der Waals surface area contributed by atoms with Crippen molar-refractivity contribution in [2.24, 2.45) is 4.99 Å². The molecule has 0 N–H and O–H groups in total. The molecule has 0 aromatic heterocycles. The number of hydrogen-bond acceptors (Lipinski definition) is 2. The Morgan fingerprint density at radius 2 is 2.33 bits per heavy atom. The van der Waals surface area contributed by atoms with Crippen molar-refractivity contribution >= 4 is 6.21 Å². The molecule has 2 aliphatic rings. The number of allylic oxidation sites excluding steroid dienone is 1. The molecule has 2 atom stereocenters. The third kappa shape index (κ3) is 0.669. The fourth-order valence-electron chi connectivity index (χ4n) is 1.01. The Morgan fingerprint density at radius 3 is 3.22 bits per heavy atom. The van der Waals surface area contributed by atoms with Crippen LogP contribution in [0.25, 0.3) is 0 Å². The highest BCUT2D eigenvalue weighted by molar-refractivity contribution is 5.73. The van der Waals surface area contributed by atoms with Gasteiger partial charge in [-0.2, -0.15) is 0 Å². The van der Waals surface area contributed by atoms with Crippen molar-refractivity contribution in [1.82, 2.24) is 0 Å². The highest BCUT2D eigenvalue weighted by atomic mass is 16.5. The molecule has 0 saturated carbocycles. The van der Waals surface area contributed by atoms with Gasteiger partial charge in [0.05, 0.1) is 6.26 Å². The molecule has 46 valence electrons. The van der Waals surface area contributed by atoms with E-state index in [-0.39, 0.29) is 12.1 Å². The fraction of sp³-hybridized carbons (Fsp3) is 0.286. The normalized spacial score (nSPS) is 36.4. The summed E-state index contributed by atoms with van der Waals surface area (Å²) in [6.45, 7) is 0. The van der Waals surface area contributed by atoms with Gasteiger partial charge in [0, 0.05) is 6.21 Å². The zero-order chi connectivity index (χ0) is 6.10. The standard InChI is InChI=1S/C7H7NO/c1-2-7-6(8-4-1)3-5-9-7/h1-7H. The molecule has 0 amide bonds. The Kier molecular flexibility index (Phi) is 0.918. The van der Waals surface area contributed by atoms with Gasteiger partial charge in [-0.25, -0.2) is 0 Å². The van der Waals surface area contributed by atoms with Gasteiger partial charge in [-0.05, 0) is 18.2 Å². The van der Waals surface area contributed by atoms with Crippen molar-refractivity contribution in [3.63, 3.8) is 0 Å². The van der Waals surface area contributed by atoms with Crippen LogP contribution in [0.5, 0.6) is 0 Å². The highest BCUT2D eigenvalue weighted by Gasteiger charge is 2.21. The zero-order valence-electron chi connectivity index (χ0n) is 4.90. The molecule has 0 spiro atoms. The predicted molar refractivity (Wildman–Crippen MR) is 35.4 cm³/mol. The van der Waals surface area contributed by atoms with Crippen LogP contribution in [-0.4, -0.2) is 18.4 Å². The number of aliphatic imine (C=N–C) groups is 1. The second kappa shape index (κ2) is 1.72. The molecule has 0 aromatic carbocycles. The van der Waals surface area contributed by atoms with E-state index < -0.39 is 0 Å². The van der Waals surface area contributed by atoms with Gasteiger partial charge in [0.15, 0.2) is 0 Å². The monoisotopic (exact) mass is 121 g/mol. The SMILES string of the molecule is C1=CC2OC=CC2N=C1. The summed E-state index contributed by atoms with van der Waals surface area (Å²) in [5.41, 5.74) is 0. The Balaban J connectivity index is 2.25. The van der Waals surface area contributed by atoms with Crippen LogP contribution in [0.15, 0.2) is 29.5 Å². The number of ether oxygens (including phenoxy) is 1. The molecule has 2 nitrogen and oxygen atoms in total. The molecule has 2 heterocycles. The molecule has 0 aliphatic carbocycles. The lowest BCUT2D eigenvalue weighted by atomic mass is 10.1. The van der Waals surface area contributed by atoms with E-state index in [0.29, 0.717) is 0 Å². The Hall–Kier alpha value is -1.05. The van der Waals surface area contributed by atoms with Crippen LogP contribution in [0.2, 0.25) is 0 Å². The Bertz CT molecular complexity index is 193.